The number of aryl methyl sites for hydroxylation is 1. The number of fused-ring (bicyclic) bond motifs is 5. The third kappa shape index (κ3) is 1.69. The highest BCUT2D eigenvalue weighted by atomic mass is 16.6. The van der Waals surface area contributed by atoms with Crippen molar-refractivity contribution in [2.75, 3.05) is 11.5 Å². The number of anilines is 1. The highest BCUT2D eigenvalue weighted by Gasteiger charge is 2.68. The largest absolute Gasteiger partial charge is 0.393 e. The minimum Gasteiger partial charge on any atom is -0.393 e. The van der Waals surface area contributed by atoms with Crippen LogP contribution in [-0.4, -0.2) is 40.2 Å². The van der Waals surface area contributed by atoms with Crippen LogP contribution in [0.1, 0.15) is 5.56 Å². The third-order valence-electron chi connectivity index (χ3n) is 4.97. The Balaban J connectivity index is 1.82. The Labute approximate surface area is 136 Å². The molecule has 0 aromatic heterocycles. The van der Waals surface area contributed by atoms with Crippen LogP contribution in [0.2, 0.25) is 0 Å². The molecule has 0 aliphatic carbocycles. The van der Waals surface area contributed by atoms with Crippen LogP contribution in [-0.2, 0) is 14.3 Å². The molecule has 2 bridgehead atoms. The number of amides is 2. The fourth-order valence-corrected chi connectivity index (χ4v) is 3.89. The molecule has 2 fully saturated rings. The smallest absolute Gasteiger partial charge is 0.293 e. The van der Waals surface area contributed by atoms with Gasteiger partial charge in [0.05, 0.1) is 29.5 Å². The number of carbonyl (C=O) groups excluding carboxylic acids is 2. The number of rotatable bonds is 3. The maximum absolute atomic E-state index is 12.9. The Morgan fingerprint density at radius 3 is 2.79 bits per heavy atom. The highest BCUT2D eigenvalue weighted by molar-refractivity contribution is 6.24. The number of benzene rings is 1. The van der Waals surface area contributed by atoms with Gasteiger partial charge >= 0.3 is 0 Å². The van der Waals surface area contributed by atoms with E-state index in [1.807, 2.05) is 0 Å². The standard InChI is InChI=1S/C16H14N2O6/c1-8-2-3-9(10(6-8)18(22)23)17-14(20)12-11-4-5-16(7-19,24-11)13(12)15(17)21/h2-6,11-13,19H,7H2,1H3/t11-,12-,13-,16-/m0/s1. The summed E-state index contributed by atoms with van der Waals surface area (Å²) in [5, 5.41) is 21.0. The molecule has 0 saturated carbocycles. The van der Waals surface area contributed by atoms with E-state index in [0.29, 0.717) is 5.56 Å². The van der Waals surface area contributed by atoms with Crippen LogP contribution in [0.3, 0.4) is 0 Å². The molecule has 124 valence electrons. The van der Waals surface area contributed by atoms with Gasteiger partial charge in [-0.3, -0.25) is 19.7 Å². The zero-order valence-electron chi connectivity index (χ0n) is 12.7. The molecule has 0 spiro atoms. The van der Waals surface area contributed by atoms with Gasteiger partial charge in [-0.15, -0.1) is 0 Å². The SMILES string of the molecule is Cc1ccc(N2C(=O)[C@H]3[C@@H]4C=C[C@@](CO)(O4)[C@@H]3C2=O)c([N+](=O)[O-])c1. The van der Waals surface area contributed by atoms with Gasteiger partial charge in [-0.2, -0.15) is 0 Å². The van der Waals surface area contributed by atoms with E-state index in [-0.39, 0.29) is 11.4 Å². The Hall–Kier alpha value is -2.58. The van der Waals surface area contributed by atoms with E-state index in [1.165, 1.54) is 12.1 Å². The number of hydrogen-bond acceptors (Lipinski definition) is 6. The predicted octanol–water partition coefficient (Wildman–Crippen LogP) is 0.709. The zero-order valence-corrected chi connectivity index (χ0v) is 12.7. The topological polar surface area (TPSA) is 110 Å². The van der Waals surface area contributed by atoms with Crippen LogP contribution in [0.5, 0.6) is 0 Å². The molecule has 1 aromatic rings. The average molecular weight is 330 g/mol. The van der Waals surface area contributed by atoms with E-state index >= 15 is 0 Å². The maximum Gasteiger partial charge on any atom is 0.293 e. The molecule has 24 heavy (non-hydrogen) atoms. The van der Waals surface area contributed by atoms with Crippen molar-refractivity contribution in [1.82, 2.24) is 0 Å². The Kier molecular flexibility index (Phi) is 2.94. The first kappa shape index (κ1) is 15.0. The fraction of sp³-hybridized carbons (Fsp3) is 0.375. The number of carbonyl (C=O) groups is 2. The minimum atomic E-state index is -1.21. The minimum absolute atomic E-state index is 0.0394. The first-order valence-corrected chi connectivity index (χ1v) is 7.50. The average Bonchev–Trinajstić information content (AvgIpc) is 3.19. The molecule has 0 radical (unpaired) electrons. The molecule has 4 rings (SSSR count). The third-order valence-corrected chi connectivity index (χ3v) is 4.97. The second-order valence-corrected chi connectivity index (χ2v) is 6.32. The van der Waals surface area contributed by atoms with E-state index in [2.05, 4.69) is 0 Å². The van der Waals surface area contributed by atoms with E-state index in [4.69, 9.17) is 4.74 Å². The Bertz CT molecular complexity index is 819. The van der Waals surface area contributed by atoms with Crippen molar-refractivity contribution in [3.05, 3.63) is 46.0 Å². The number of imide groups is 1. The van der Waals surface area contributed by atoms with E-state index in [0.717, 1.165) is 4.90 Å². The van der Waals surface area contributed by atoms with Gasteiger partial charge in [-0.1, -0.05) is 18.2 Å². The van der Waals surface area contributed by atoms with Gasteiger partial charge in [0.2, 0.25) is 11.8 Å². The van der Waals surface area contributed by atoms with Crippen molar-refractivity contribution < 1.29 is 24.4 Å². The van der Waals surface area contributed by atoms with Crippen LogP contribution in [0, 0.1) is 28.9 Å². The van der Waals surface area contributed by atoms with Crippen molar-refractivity contribution in [3.8, 4) is 0 Å². The van der Waals surface area contributed by atoms with Crippen LogP contribution >= 0.6 is 0 Å². The molecule has 4 atom stereocenters. The van der Waals surface area contributed by atoms with Crippen molar-refractivity contribution >= 4 is 23.2 Å². The van der Waals surface area contributed by atoms with Gasteiger partial charge in [-0.25, -0.2) is 4.90 Å². The quantitative estimate of drug-likeness (QED) is 0.378. The Morgan fingerprint density at radius 1 is 1.38 bits per heavy atom. The molecule has 2 saturated heterocycles. The highest BCUT2D eigenvalue weighted by Crippen LogP contribution is 2.53. The lowest BCUT2D eigenvalue weighted by atomic mass is 9.77. The number of aliphatic hydroxyl groups is 1. The number of nitro benzene ring substituents is 1. The molecule has 3 heterocycles. The number of nitro groups is 1. The molecule has 1 N–H and O–H groups in total. The molecule has 3 aliphatic heterocycles. The van der Waals surface area contributed by atoms with Gasteiger partial charge in [0.25, 0.3) is 5.69 Å². The van der Waals surface area contributed by atoms with E-state index in [9.17, 15) is 24.8 Å². The lowest BCUT2D eigenvalue weighted by Crippen LogP contribution is -2.43. The van der Waals surface area contributed by atoms with E-state index in [1.54, 1.807) is 25.1 Å². The number of hydrogen-bond donors (Lipinski definition) is 1. The molecule has 0 unspecified atom stereocenters. The van der Waals surface area contributed by atoms with Crippen LogP contribution in [0.15, 0.2) is 30.4 Å². The second-order valence-electron chi connectivity index (χ2n) is 6.32. The number of aliphatic hydroxyl groups excluding tert-OH is 1. The number of nitrogens with zero attached hydrogens (tertiary/aromatic N) is 2. The summed E-state index contributed by atoms with van der Waals surface area (Å²) >= 11 is 0. The lowest BCUT2D eigenvalue weighted by molar-refractivity contribution is -0.384. The molecule has 1 aromatic carbocycles. The molecule has 3 aliphatic rings. The Morgan fingerprint density at radius 2 is 2.12 bits per heavy atom. The first-order chi connectivity index (χ1) is 11.4. The summed E-state index contributed by atoms with van der Waals surface area (Å²) in [6.07, 6.45) is 2.68. The summed E-state index contributed by atoms with van der Waals surface area (Å²) in [6.45, 7) is 1.27. The summed E-state index contributed by atoms with van der Waals surface area (Å²) in [5.74, 6) is -2.71. The van der Waals surface area contributed by atoms with Crippen molar-refractivity contribution in [2.45, 2.75) is 18.6 Å². The van der Waals surface area contributed by atoms with Crippen molar-refractivity contribution in [1.29, 1.82) is 0 Å². The van der Waals surface area contributed by atoms with E-state index < -0.39 is 46.9 Å². The number of ether oxygens (including phenoxy) is 1. The summed E-state index contributed by atoms with van der Waals surface area (Å²) in [7, 11) is 0. The summed E-state index contributed by atoms with van der Waals surface area (Å²) in [4.78, 5) is 37.3. The molecular formula is C16H14N2O6. The summed E-state index contributed by atoms with van der Waals surface area (Å²) in [5.41, 5.74) is -0.892. The summed E-state index contributed by atoms with van der Waals surface area (Å²) < 4.78 is 5.63. The van der Waals surface area contributed by atoms with Gasteiger partial charge in [-0.05, 0) is 18.6 Å². The normalized spacial score (nSPS) is 33.4. The molecular weight excluding hydrogens is 316 g/mol. The van der Waals surface area contributed by atoms with Crippen molar-refractivity contribution in [3.63, 3.8) is 0 Å². The molecule has 8 heteroatoms. The zero-order chi connectivity index (χ0) is 17.2. The second kappa shape index (κ2) is 4.71. The monoisotopic (exact) mass is 330 g/mol. The summed E-state index contributed by atoms with van der Waals surface area (Å²) in [6, 6.07) is 4.35. The van der Waals surface area contributed by atoms with Gasteiger partial charge in [0, 0.05) is 6.07 Å². The predicted molar refractivity (Wildman–Crippen MR) is 81.1 cm³/mol. The first-order valence-electron chi connectivity index (χ1n) is 7.50. The fourth-order valence-electron chi connectivity index (χ4n) is 3.89. The maximum atomic E-state index is 12.9. The van der Waals surface area contributed by atoms with Gasteiger partial charge in [0.15, 0.2) is 0 Å². The molecule has 2 amide bonds. The molecule has 8 nitrogen and oxygen atoms in total. The van der Waals surface area contributed by atoms with Crippen molar-refractivity contribution in [2.24, 2.45) is 11.8 Å². The lowest BCUT2D eigenvalue weighted by Gasteiger charge is -2.26. The van der Waals surface area contributed by atoms with Gasteiger partial charge < -0.3 is 9.84 Å². The van der Waals surface area contributed by atoms with Crippen LogP contribution in [0.25, 0.3) is 0 Å². The van der Waals surface area contributed by atoms with Gasteiger partial charge in [0.1, 0.15) is 11.3 Å². The van der Waals surface area contributed by atoms with Crippen LogP contribution in [0.4, 0.5) is 11.4 Å². The van der Waals surface area contributed by atoms with Crippen LogP contribution < -0.4 is 4.90 Å².